The van der Waals surface area contributed by atoms with Gasteiger partial charge in [0.15, 0.2) is 0 Å². The van der Waals surface area contributed by atoms with Crippen molar-refractivity contribution in [2.75, 3.05) is 11.5 Å². The van der Waals surface area contributed by atoms with Crippen LogP contribution in [0.2, 0.25) is 0 Å². The van der Waals surface area contributed by atoms with Gasteiger partial charge >= 0.3 is 0 Å². The van der Waals surface area contributed by atoms with Crippen molar-refractivity contribution in [1.29, 1.82) is 0 Å². The molecule has 0 aromatic heterocycles. The van der Waals surface area contributed by atoms with Gasteiger partial charge in [0, 0.05) is 0 Å². The van der Waals surface area contributed by atoms with Crippen LogP contribution in [0.5, 0.6) is 0 Å². The van der Waals surface area contributed by atoms with Crippen molar-refractivity contribution in [2.45, 2.75) is 36.6 Å². The van der Waals surface area contributed by atoms with Crippen LogP contribution in [0.25, 0.3) is 0 Å². The Labute approximate surface area is 76.6 Å². The first-order valence-electron chi connectivity index (χ1n) is 4.34. The SMILES string of the molecule is C1CSC(OC2CCCS2)C1. The summed E-state index contributed by atoms with van der Waals surface area (Å²) in [7, 11) is 0. The molecule has 0 spiro atoms. The molecule has 2 aliphatic heterocycles. The number of rotatable bonds is 2. The maximum absolute atomic E-state index is 5.90. The average molecular weight is 190 g/mol. The van der Waals surface area contributed by atoms with Crippen molar-refractivity contribution in [1.82, 2.24) is 0 Å². The highest BCUT2D eigenvalue weighted by molar-refractivity contribution is 8.00. The van der Waals surface area contributed by atoms with Crippen LogP contribution < -0.4 is 0 Å². The van der Waals surface area contributed by atoms with Gasteiger partial charge < -0.3 is 4.74 Å². The van der Waals surface area contributed by atoms with E-state index < -0.39 is 0 Å². The number of hydrogen-bond acceptors (Lipinski definition) is 3. The molecule has 0 aromatic rings. The molecule has 1 nitrogen and oxygen atoms in total. The summed E-state index contributed by atoms with van der Waals surface area (Å²) in [6.07, 6.45) is 5.27. The Kier molecular flexibility index (Phi) is 3.05. The Hall–Kier alpha value is 0.660. The van der Waals surface area contributed by atoms with Gasteiger partial charge in [0.1, 0.15) is 10.9 Å². The quantitative estimate of drug-likeness (QED) is 0.662. The molecule has 2 saturated heterocycles. The topological polar surface area (TPSA) is 9.23 Å². The van der Waals surface area contributed by atoms with Crippen molar-refractivity contribution in [3.63, 3.8) is 0 Å². The minimum atomic E-state index is 0.533. The van der Waals surface area contributed by atoms with Crippen LogP contribution in [-0.4, -0.2) is 22.4 Å². The van der Waals surface area contributed by atoms with Crippen LogP contribution in [0.1, 0.15) is 25.7 Å². The Morgan fingerprint density at radius 3 is 1.82 bits per heavy atom. The summed E-state index contributed by atoms with van der Waals surface area (Å²) in [5.41, 5.74) is 1.07. The lowest BCUT2D eigenvalue weighted by molar-refractivity contribution is 0.0892. The molecule has 0 amide bonds. The van der Waals surface area contributed by atoms with Gasteiger partial charge in [0.2, 0.25) is 0 Å². The van der Waals surface area contributed by atoms with Crippen LogP contribution >= 0.6 is 23.5 Å². The second-order valence-corrected chi connectivity index (χ2v) is 5.56. The summed E-state index contributed by atoms with van der Waals surface area (Å²) >= 11 is 3.99. The van der Waals surface area contributed by atoms with Crippen molar-refractivity contribution >= 4 is 23.5 Å². The molecule has 2 rings (SSSR count). The van der Waals surface area contributed by atoms with Crippen molar-refractivity contribution in [2.24, 2.45) is 0 Å². The first-order valence-corrected chi connectivity index (χ1v) is 6.43. The number of hydrogen-bond donors (Lipinski definition) is 0. The fourth-order valence-corrected chi connectivity index (χ4v) is 3.83. The van der Waals surface area contributed by atoms with Gasteiger partial charge in [-0.3, -0.25) is 0 Å². The van der Waals surface area contributed by atoms with Crippen LogP contribution in [0.15, 0.2) is 0 Å². The molecule has 64 valence electrons. The summed E-state index contributed by atoms with van der Waals surface area (Å²) in [6.45, 7) is 0. The molecule has 0 aliphatic carbocycles. The lowest BCUT2D eigenvalue weighted by Gasteiger charge is -2.15. The Morgan fingerprint density at radius 1 is 0.909 bits per heavy atom. The van der Waals surface area contributed by atoms with Crippen molar-refractivity contribution in [3.8, 4) is 0 Å². The fraction of sp³-hybridized carbons (Fsp3) is 1.00. The minimum absolute atomic E-state index is 0.533. The average Bonchev–Trinajstić information content (AvgIpc) is 2.60. The third-order valence-electron chi connectivity index (χ3n) is 2.08. The molecule has 2 heterocycles. The lowest BCUT2D eigenvalue weighted by atomic mass is 10.3. The Morgan fingerprint density at radius 2 is 1.45 bits per heavy atom. The fourth-order valence-electron chi connectivity index (χ4n) is 1.48. The van der Waals surface area contributed by atoms with Crippen LogP contribution in [0.3, 0.4) is 0 Å². The number of ether oxygens (including phenoxy) is 1. The van der Waals surface area contributed by atoms with E-state index in [0.29, 0.717) is 10.9 Å². The molecule has 2 aliphatic rings. The molecule has 2 fully saturated rings. The summed E-state index contributed by atoms with van der Waals surface area (Å²) < 4.78 is 5.90. The van der Waals surface area contributed by atoms with E-state index in [1.54, 1.807) is 0 Å². The first-order chi connectivity index (χ1) is 5.45. The van der Waals surface area contributed by atoms with E-state index in [2.05, 4.69) is 0 Å². The van der Waals surface area contributed by atoms with E-state index in [0.717, 1.165) is 0 Å². The predicted molar refractivity (Wildman–Crippen MR) is 52.0 cm³/mol. The highest BCUT2D eigenvalue weighted by atomic mass is 32.2. The smallest absolute Gasteiger partial charge is 0.104 e. The summed E-state index contributed by atoms with van der Waals surface area (Å²) in [5, 5.41) is 0. The molecule has 0 bridgehead atoms. The van der Waals surface area contributed by atoms with E-state index in [-0.39, 0.29) is 0 Å². The normalized spacial score (nSPS) is 38.2. The third kappa shape index (κ3) is 2.30. The van der Waals surface area contributed by atoms with Crippen molar-refractivity contribution < 1.29 is 4.74 Å². The molecule has 0 aromatic carbocycles. The van der Waals surface area contributed by atoms with Crippen LogP contribution in [0.4, 0.5) is 0 Å². The van der Waals surface area contributed by atoms with E-state index >= 15 is 0 Å². The zero-order valence-corrected chi connectivity index (χ0v) is 8.26. The molecule has 2 unspecified atom stereocenters. The molecular formula is C8H14OS2. The zero-order valence-electron chi connectivity index (χ0n) is 6.62. The monoisotopic (exact) mass is 190 g/mol. The molecular weight excluding hydrogens is 176 g/mol. The maximum atomic E-state index is 5.90. The second kappa shape index (κ2) is 4.06. The van der Waals surface area contributed by atoms with Gasteiger partial charge in [-0.2, -0.15) is 0 Å². The summed E-state index contributed by atoms with van der Waals surface area (Å²) in [6, 6.07) is 0. The van der Waals surface area contributed by atoms with Gasteiger partial charge in [-0.05, 0) is 37.2 Å². The largest absolute Gasteiger partial charge is 0.354 e. The molecule has 11 heavy (non-hydrogen) atoms. The summed E-state index contributed by atoms with van der Waals surface area (Å²) in [5.74, 6) is 2.62. The maximum Gasteiger partial charge on any atom is 0.104 e. The molecule has 0 N–H and O–H groups in total. The van der Waals surface area contributed by atoms with Gasteiger partial charge in [0.05, 0.1) is 0 Å². The van der Waals surface area contributed by atoms with E-state index in [9.17, 15) is 0 Å². The molecule has 0 saturated carbocycles. The van der Waals surface area contributed by atoms with E-state index in [1.165, 1.54) is 37.2 Å². The molecule has 2 atom stereocenters. The van der Waals surface area contributed by atoms with Gasteiger partial charge in [-0.1, -0.05) is 0 Å². The first kappa shape index (κ1) is 8.27. The van der Waals surface area contributed by atoms with Crippen LogP contribution in [0, 0.1) is 0 Å². The Bertz CT molecular complexity index is 103. The molecule has 0 radical (unpaired) electrons. The Balaban J connectivity index is 1.71. The highest BCUT2D eigenvalue weighted by Crippen LogP contribution is 2.34. The van der Waals surface area contributed by atoms with E-state index in [4.69, 9.17) is 4.74 Å². The van der Waals surface area contributed by atoms with Crippen LogP contribution in [-0.2, 0) is 4.74 Å². The minimum Gasteiger partial charge on any atom is -0.354 e. The lowest BCUT2D eigenvalue weighted by Crippen LogP contribution is -2.11. The van der Waals surface area contributed by atoms with Gasteiger partial charge in [0.25, 0.3) is 0 Å². The second-order valence-electron chi connectivity index (χ2n) is 3.02. The standard InChI is InChI=1S/C8H14OS2/c1-3-7(10-5-1)9-8-4-2-6-11-8/h7-8H,1-6H2. The zero-order chi connectivity index (χ0) is 7.52. The summed E-state index contributed by atoms with van der Waals surface area (Å²) in [4.78, 5) is 0. The predicted octanol–water partition coefficient (Wildman–Crippen LogP) is 2.71. The number of thioether (sulfide) groups is 2. The highest BCUT2D eigenvalue weighted by Gasteiger charge is 2.23. The van der Waals surface area contributed by atoms with E-state index in [1.807, 2.05) is 23.5 Å². The van der Waals surface area contributed by atoms with Gasteiger partial charge in [-0.15, -0.1) is 23.5 Å². The third-order valence-corrected chi connectivity index (χ3v) is 4.57. The van der Waals surface area contributed by atoms with Gasteiger partial charge in [-0.25, -0.2) is 0 Å². The molecule has 3 heteroatoms. The van der Waals surface area contributed by atoms with Crippen molar-refractivity contribution in [3.05, 3.63) is 0 Å².